The molecule has 136 valence electrons. The van der Waals surface area contributed by atoms with E-state index < -0.39 is 10.0 Å². The molecule has 26 heavy (non-hydrogen) atoms. The molecule has 3 aromatic rings. The number of rotatable bonds is 6. The molecule has 0 atom stereocenters. The molecule has 0 aliphatic rings. The van der Waals surface area contributed by atoms with E-state index in [0.717, 1.165) is 16.8 Å². The average molecular weight is 390 g/mol. The number of ether oxygens (including phenoxy) is 1. The third-order valence-electron chi connectivity index (χ3n) is 3.74. The van der Waals surface area contributed by atoms with Crippen molar-refractivity contribution in [2.24, 2.45) is 0 Å². The van der Waals surface area contributed by atoms with Gasteiger partial charge in [-0.2, -0.15) is 0 Å². The molecule has 0 fully saturated rings. The first-order valence-electron chi connectivity index (χ1n) is 7.77. The number of phenols is 1. The Hall–Kier alpha value is -2.42. The minimum Gasteiger partial charge on any atom is -0.508 e. The zero-order valence-electron chi connectivity index (χ0n) is 14.3. The lowest BCUT2D eigenvalue weighted by Crippen LogP contribution is -2.23. The lowest BCUT2D eigenvalue weighted by atomic mass is 10.2. The quantitative estimate of drug-likeness (QED) is 0.674. The van der Waals surface area contributed by atoms with Gasteiger partial charge in [-0.05, 0) is 48.9 Å². The van der Waals surface area contributed by atoms with Gasteiger partial charge in [0, 0.05) is 10.9 Å². The zero-order chi connectivity index (χ0) is 18.7. The van der Waals surface area contributed by atoms with Crippen LogP contribution in [-0.2, 0) is 16.6 Å². The van der Waals surface area contributed by atoms with Gasteiger partial charge in [0.1, 0.15) is 21.4 Å². The first kappa shape index (κ1) is 18.4. The minimum absolute atomic E-state index is 0.0855. The summed E-state index contributed by atoms with van der Waals surface area (Å²) < 4.78 is 32.9. The average Bonchev–Trinajstić information content (AvgIpc) is 3.10. The Balaban J connectivity index is 1.77. The largest absolute Gasteiger partial charge is 0.508 e. The molecule has 1 heterocycles. The highest BCUT2D eigenvalue weighted by molar-refractivity contribution is 7.89. The zero-order valence-corrected chi connectivity index (χ0v) is 15.9. The molecule has 0 spiro atoms. The van der Waals surface area contributed by atoms with Gasteiger partial charge in [0.15, 0.2) is 0 Å². The molecule has 1 aromatic heterocycles. The third kappa shape index (κ3) is 4.04. The normalized spacial score (nSPS) is 11.5. The van der Waals surface area contributed by atoms with Gasteiger partial charge < -0.3 is 9.84 Å². The Morgan fingerprint density at radius 1 is 1.19 bits per heavy atom. The van der Waals surface area contributed by atoms with Gasteiger partial charge in [0.05, 0.1) is 19.3 Å². The van der Waals surface area contributed by atoms with Crippen molar-refractivity contribution >= 4 is 21.4 Å². The summed E-state index contributed by atoms with van der Waals surface area (Å²) in [5, 5.41) is 11.8. The number of aryl methyl sites for hydroxylation is 1. The smallest absolute Gasteiger partial charge is 0.244 e. The number of benzene rings is 2. The van der Waals surface area contributed by atoms with E-state index in [4.69, 9.17) is 4.74 Å². The summed E-state index contributed by atoms with van der Waals surface area (Å²) in [6.45, 7) is 1.91. The summed E-state index contributed by atoms with van der Waals surface area (Å²) in [5.41, 5.74) is 2.42. The van der Waals surface area contributed by atoms with E-state index >= 15 is 0 Å². The second kappa shape index (κ2) is 7.45. The van der Waals surface area contributed by atoms with E-state index in [9.17, 15) is 13.5 Å². The van der Waals surface area contributed by atoms with Crippen molar-refractivity contribution in [2.75, 3.05) is 7.11 Å². The highest BCUT2D eigenvalue weighted by atomic mass is 32.2. The summed E-state index contributed by atoms with van der Waals surface area (Å²) in [6.07, 6.45) is 0. The number of nitrogens with one attached hydrogen (secondary N) is 1. The van der Waals surface area contributed by atoms with Crippen molar-refractivity contribution in [1.82, 2.24) is 9.71 Å². The molecular weight excluding hydrogens is 372 g/mol. The number of aromatic hydroxyl groups is 1. The number of sulfonamides is 1. The van der Waals surface area contributed by atoms with Crippen molar-refractivity contribution in [3.05, 3.63) is 58.4 Å². The van der Waals surface area contributed by atoms with Crippen LogP contribution in [0.1, 0.15) is 10.6 Å². The summed E-state index contributed by atoms with van der Waals surface area (Å²) in [5.74, 6) is 0.482. The van der Waals surface area contributed by atoms with Crippen LogP contribution in [0.3, 0.4) is 0 Å². The highest BCUT2D eigenvalue weighted by Crippen LogP contribution is 2.26. The molecular formula is C18H18N2O4S2. The molecule has 0 radical (unpaired) electrons. The molecule has 2 N–H and O–H groups in total. The SMILES string of the molecule is COc1ccc(C)cc1S(=O)(=O)NCc1nc(-c2ccc(O)cc2)cs1. The van der Waals surface area contributed by atoms with Crippen LogP contribution < -0.4 is 9.46 Å². The number of methoxy groups -OCH3 is 1. The van der Waals surface area contributed by atoms with Crippen LogP contribution in [0, 0.1) is 6.92 Å². The predicted molar refractivity (Wildman–Crippen MR) is 101 cm³/mol. The van der Waals surface area contributed by atoms with Gasteiger partial charge in [-0.15, -0.1) is 11.3 Å². The van der Waals surface area contributed by atoms with Crippen molar-refractivity contribution in [1.29, 1.82) is 0 Å². The maximum atomic E-state index is 12.6. The van der Waals surface area contributed by atoms with Crippen molar-refractivity contribution < 1.29 is 18.3 Å². The number of thiazole rings is 1. The van der Waals surface area contributed by atoms with E-state index in [0.29, 0.717) is 10.8 Å². The first-order valence-corrected chi connectivity index (χ1v) is 10.1. The molecule has 8 heteroatoms. The second-order valence-corrected chi connectivity index (χ2v) is 8.33. The van der Waals surface area contributed by atoms with Crippen LogP contribution in [0.2, 0.25) is 0 Å². The van der Waals surface area contributed by atoms with Crippen molar-refractivity contribution in [3.63, 3.8) is 0 Å². The van der Waals surface area contributed by atoms with E-state index in [2.05, 4.69) is 9.71 Å². The van der Waals surface area contributed by atoms with Crippen LogP contribution in [0.4, 0.5) is 0 Å². The fraction of sp³-hybridized carbons (Fsp3) is 0.167. The summed E-state index contributed by atoms with van der Waals surface area (Å²) in [6, 6.07) is 11.7. The van der Waals surface area contributed by atoms with Gasteiger partial charge >= 0.3 is 0 Å². The topological polar surface area (TPSA) is 88.5 Å². The van der Waals surface area contributed by atoms with Gasteiger partial charge in [-0.3, -0.25) is 0 Å². The molecule has 2 aromatic carbocycles. The predicted octanol–water partition coefficient (Wildman–Crippen LogP) is 3.31. The summed E-state index contributed by atoms with van der Waals surface area (Å²) >= 11 is 1.37. The number of aromatic nitrogens is 1. The maximum Gasteiger partial charge on any atom is 0.244 e. The first-order chi connectivity index (χ1) is 12.4. The Morgan fingerprint density at radius 2 is 1.92 bits per heavy atom. The highest BCUT2D eigenvalue weighted by Gasteiger charge is 2.20. The Morgan fingerprint density at radius 3 is 2.62 bits per heavy atom. The molecule has 0 aliphatic heterocycles. The van der Waals surface area contributed by atoms with Crippen LogP contribution in [0.15, 0.2) is 52.7 Å². The fourth-order valence-corrected chi connectivity index (χ4v) is 4.46. The van der Waals surface area contributed by atoms with Gasteiger partial charge in [-0.1, -0.05) is 6.07 Å². The molecule has 0 bridgehead atoms. The molecule has 0 amide bonds. The number of nitrogens with zero attached hydrogens (tertiary/aromatic N) is 1. The number of hydrogen-bond donors (Lipinski definition) is 2. The van der Waals surface area contributed by atoms with Gasteiger partial charge in [0.2, 0.25) is 10.0 Å². The third-order valence-corrected chi connectivity index (χ3v) is 6.01. The van der Waals surface area contributed by atoms with E-state index in [1.807, 2.05) is 12.3 Å². The van der Waals surface area contributed by atoms with Gasteiger partial charge in [-0.25, -0.2) is 18.1 Å². The number of hydrogen-bond acceptors (Lipinski definition) is 6. The molecule has 6 nitrogen and oxygen atoms in total. The molecule has 0 unspecified atom stereocenters. The molecule has 3 rings (SSSR count). The standard InChI is InChI=1S/C18H18N2O4S2/c1-12-3-8-16(24-2)17(9-12)26(22,23)19-10-18-20-15(11-25-18)13-4-6-14(21)7-5-13/h3-9,11,19,21H,10H2,1-2H3. The van der Waals surface area contributed by atoms with Crippen LogP contribution in [0.5, 0.6) is 11.5 Å². The number of phenolic OH excluding ortho intramolecular Hbond substituents is 1. The lowest BCUT2D eigenvalue weighted by Gasteiger charge is -2.10. The van der Waals surface area contributed by atoms with E-state index in [-0.39, 0.29) is 17.2 Å². The monoisotopic (exact) mass is 390 g/mol. The van der Waals surface area contributed by atoms with Crippen molar-refractivity contribution in [2.45, 2.75) is 18.4 Å². The van der Waals surface area contributed by atoms with Crippen LogP contribution in [-0.4, -0.2) is 25.6 Å². The van der Waals surface area contributed by atoms with E-state index in [1.54, 1.807) is 42.5 Å². The van der Waals surface area contributed by atoms with Crippen LogP contribution in [0.25, 0.3) is 11.3 Å². The Bertz CT molecular complexity index is 1010. The van der Waals surface area contributed by atoms with E-state index in [1.165, 1.54) is 18.4 Å². The Labute approximate surface area is 156 Å². The van der Waals surface area contributed by atoms with Crippen LogP contribution >= 0.6 is 11.3 Å². The Kier molecular flexibility index (Phi) is 5.26. The summed E-state index contributed by atoms with van der Waals surface area (Å²) in [7, 11) is -2.29. The second-order valence-electron chi connectivity index (χ2n) is 5.65. The molecule has 0 aliphatic carbocycles. The summed E-state index contributed by atoms with van der Waals surface area (Å²) in [4.78, 5) is 4.55. The van der Waals surface area contributed by atoms with Crippen molar-refractivity contribution in [3.8, 4) is 22.8 Å². The molecule has 0 saturated heterocycles. The minimum atomic E-state index is -3.73. The maximum absolute atomic E-state index is 12.6. The fourth-order valence-electron chi connectivity index (χ4n) is 2.39. The lowest BCUT2D eigenvalue weighted by molar-refractivity contribution is 0.402. The molecule has 0 saturated carbocycles. The van der Waals surface area contributed by atoms with Gasteiger partial charge in [0.25, 0.3) is 0 Å².